The third-order valence-electron chi connectivity index (χ3n) is 4.78. The highest BCUT2D eigenvalue weighted by Gasteiger charge is 2.50. The summed E-state index contributed by atoms with van der Waals surface area (Å²) >= 11 is 1.74. The summed E-state index contributed by atoms with van der Waals surface area (Å²) in [4.78, 5) is 4.87. The maximum Gasteiger partial charge on any atom is 0.123 e. The van der Waals surface area contributed by atoms with Crippen molar-refractivity contribution in [1.82, 2.24) is 0 Å². The molecule has 4 rings (SSSR count). The Balaban J connectivity index is 1.60. The first-order valence-corrected chi connectivity index (χ1v) is 7.98. The highest BCUT2D eigenvalue weighted by molar-refractivity contribution is 8.12. The lowest BCUT2D eigenvalue weighted by molar-refractivity contribution is 0.00205. The Morgan fingerprint density at radius 1 is 1.18 bits per heavy atom. The van der Waals surface area contributed by atoms with Gasteiger partial charge < -0.3 is 0 Å². The largest absolute Gasteiger partial charge is 0.269 e. The first-order chi connectivity index (χ1) is 8.30. The van der Waals surface area contributed by atoms with Crippen molar-refractivity contribution < 1.29 is 0 Å². The molecule has 0 saturated heterocycles. The molecule has 0 amide bonds. The van der Waals surface area contributed by atoms with E-state index in [9.17, 15) is 0 Å². The van der Waals surface area contributed by atoms with Gasteiger partial charge >= 0.3 is 0 Å². The Morgan fingerprint density at radius 3 is 2.29 bits per heavy atom. The van der Waals surface area contributed by atoms with Crippen LogP contribution in [0.2, 0.25) is 0 Å². The van der Waals surface area contributed by atoms with E-state index in [1.165, 1.54) is 38.5 Å². The fourth-order valence-electron chi connectivity index (χ4n) is 4.52. The van der Waals surface area contributed by atoms with Gasteiger partial charge in [-0.2, -0.15) is 0 Å². The molecule has 0 spiro atoms. The highest BCUT2D eigenvalue weighted by atomic mass is 32.2. The van der Waals surface area contributed by atoms with Crippen LogP contribution in [-0.4, -0.2) is 16.8 Å². The summed E-state index contributed by atoms with van der Waals surface area (Å²) in [5.74, 6) is 4.05. The van der Waals surface area contributed by atoms with Gasteiger partial charge in [-0.05, 0) is 62.7 Å². The minimum Gasteiger partial charge on any atom is -0.269 e. The normalized spacial score (nSPS) is 43.4. The van der Waals surface area contributed by atoms with E-state index in [4.69, 9.17) is 4.99 Å². The average Bonchev–Trinajstić information content (AvgIpc) is 2.26. The molecule has 1 radical (unpaired) electrons. The number of nitrogens with zero attached hydrogens (tertiary/aromatic N) is 1. The van der Waals surface area contributed by atoms with Crippen LogP contribution < -0.4 is 0 Å². The van der Waals surface area contributed by atoms with E-state index >= 15 is 0 Å². The number of rotatable bonds is 5. The minimum atomic E-state index is 0.315. The molecule has 0 aromatic heterocycles. The van der Waals surface area contributed by atoms with Gasteiger partial charge in [-0.3, -0.25) is 4.99 Å². The minimum absolute atomic E-state index is 0.315. The summed E-state index contributed by atoms with van der Waals surface area (Å²) in [5, 5.41) is 0. The Morgan fingerprint density at radius 2 is 1.76 bits per heavy atom. The third-order valence-corrected chi connectivity index (χ3v) is 5.44. The lowest BCUT2D eigenvalue weighted by Gasteiger charge is -2.54. The standard InChI is InChI=1S/C15H22NS/c1-2-3-4-17-11-16-15-8-12-5-13(9-15)7-14(6-12)10-15/h2,12-14H,1,3-10H2. The third kappa shape index (κ3) is 2.47. The van der Waals surface area contributed by atoms with Crippen LogP contribution in [0.4, 0.5) is 0 Å². The van der Waals surface area contributed by atoms with Crippen LogP contribution >= 0.6 is 11.8 Å². The molecule has 0 N–H and O–H groups in total. The molecule has 4 bridgehead atoms. The first-order valence-electron chi connectivity index (χ1n) is 6.99. The number of thioether (sulfide) groups is 1. The van der Waals surface area contributed by atoms with E-state index in [0.717, 1.165) is 29.9 Å². The van der Waals surface area contributed by atoms with Gasteiger partial charge in [0.1, 0.15) is 5.55 Å². The molecule has 0 aliphatic heterocycles. The van der Waals surface area contributed by atoms with E-state index in [2.05, 4.69) is 12.1 Å². The summed E-state index contributed by atoms with van der Waals surface area (Å²) in [6.45, 7) is 3.74. The van der Waals surface area contributed by atoms with Crippen LogP contribution in [0, 0.1) is 17.8 Å². The van der Waals surface area contributed by atoms with Gasteiger partial charge in [-0.15, -0.1) is 18.3 Å². The molecule has 0 heterocycles. The zero-order chi connectivity index (χ0) is 11.7. The molecule has 4 aliphatic rings. The van der Waals surface area contributed by atoms with E-state index < -0.39 is 0 Å². The fourth-order valence-corrected chi connectivity index (χ4v) is 5.15. The van der Waals surface area contributed by atoms with Crippen LogP contribution in [0.1, 0.15) is 44.9 Å². The molecular weight excluding hydrogens is 226 g/mol. The van der Waals surface area contributed by atoms with Crippen molar-refractivity contribution in [2.24, 2.45) is 22.7 Å². The van der Waals surface area contributed by atoms with Gasteiger partial charge in [0, 0.05) is 5.75 Å². The Labute approximate surface area is 109 Å². The molecule has 0 aromatic rings. The molecule has 4 aliphatic carbocycles. The molecule has 1 nitrogen and oxygen atoms in total. The molecule has 4 fully saturated rings. The van der Waals surface area contributed by atoms with Crippen molar-refractivity contribution >= 4 is 17.3 Å². The Hall–Kier alpha value is -0.240. The first kappa shape index (κ1) is 11.8. The van der Waals surface area contributed by atoms with E-state index in [0.29, 0.717) is 5.54 Å². The van der Waals surface area contributed by atoms with Gasteiger partial charge in [0.05, 0.1) is 5.54 Å². The Bertz CT molecular complexity index is 286. The lowest BCUT2D eigenvalue weighted by atomic mass is 9.53. The van der Waals surface area contributed by atoms with E-state index in [1.807, 2.05) is 6.08 Å². The number of hydrogen-bond acceptors (Lipinski definition) is 2. The van der Waals surface area contributed by atoms with E-state index in [-0.39, 0.29) is 0 Å². The maximum atomic E-state index is 4.87. The second-order valence-electron chi connectivity index (χ2n) is 6.27. The molecule has 0 unspecified atom stereocenters. The quantitative estimate of drug-likeness (QED) is 0.308. The number of aliphatic imine (C=N–C) groups is 1. The van der Waals surface area contributed by atoms with Gasteiger partial charge in [-0.25, -0.2) is 0 Å². The number of hydrogen-bond donors (Lipinski definition) is 0. The van der Waals surface area contributed by atoms with Gasteiger partial charge in [0.15, 0.2) is 0 Å². The second-order valence-corrected chi connectivity index (χ2v) is 7.15. The number of allylic oxidation sites excluding steroid dienone is 1. The second kappa shape index (κ2) is 4.79. The summed E-state index contributed by atoms with van der Waals surface area (Å²) < 4.78 is 0. The van der Waals surface area contributed by atoms with Crippen molar-refractivity contribution in [3.05, 3.63) is 12.7 Å². The molecule has 0 aromatic carbocycles. The molecule has 93 valence electrons. The SMILES string of the molecule is C=CCCS[C]=NC12CC3CC(CC(C3)C1)C2. The van der Waals surface area contributed by atoms with Gasteiger partial charge in [0.2, 0.25) is 0 Å². The summed E-state index contributed by atoms with van der Waals surface area (Å²) in [7, 11) is 0. The van der Waals surface area contributed by atoms with Crippen molar-refractivity contribution in [2.75, 3.05) is 5.75 Å². The molecule has 4 saturated carbocycles. The van der Waals surface area contributed by atoms with Crippen LogP contribution in [0.5, 0.6) is 0 Å². The zero-order valence-electron chi connectivity index (χ0n) is 10.5. The van der Waals surface area contributed by atoms with Crippen molar-refractivity contribution in [3.63, 3.8) is 0 Å². The maximum absolute atomic E-state index is 4.87. The molecule has 2 heteroatoms. The predicted octanol–water partition coefficient (Wildman–Crippen LogP) is 4.17. The zero-order valence-corrected chi connectivity index (χ0v) is 11.3. The molecule has 17 heavy (non-hydrogen) atoms. The average molecular weight is 248 g/mol. The van der Waals surface area contributed by atoms with Crippen LogP contribution in [0.15, 0.2) is 17.6 Å². The van der Waals surface area contributed by atoms with Crippen LogP contribution in [0.25, 0.3) is 0 Å². The van der Waals surface area contributed by atoms with Crippen molar-refractivity contribution in [2.45, 2.75) is 50.5 Å². The van der Waals surface area contributed by atoms with Gasteiger partial charge in [0.25, 0.3) is 0 Å². The van der Waals surface area contributed by atoms with Crippen LogP contribution in [0.3, 0.4) is 0 Å². The molecule has 0 atom stereocenters. The fraction of sp³-hybridized carbons (Fsp3) is 0.800. The van der Waals surface area contributed by atoms with Crippen LogP contribution in [-0.2, 0) is 0 Å². The Kier molecular flexibility index (Phi) is 3.34. The van der Waals surface area contributed by atoms with E-state index in [1.54, 1.807) is 11.8 Å². The summed E-state index contributed by atoms with van der Waals surface area (Å²) in [6.07, 6.45) is 11.6. The smallest absolute Gasteiger partial charge is 0.123 e. The summed E-state index contributed by atoms with van der Waals surface area (Å²) in [5.41, 5.74) is 3.59. The monoisotopic (exact) mass is 248 g/mol. The topological polar surface area (TPSA) is 12.4 Å². The van der Waals surface area contributed by atoms with Crippen molar-refractivity contribution in [3.8, 4) is 0 Å². The predicted molar refractivity (Wildman–Crippen MR) is 75.6 cm³/mol. The summed E-state index contributed by atoms with van der Waals surface area (Å²) in [6, 6.07) is 0. The highest BCUT2D eigenvalue weighted by Crippen LogP contribution is 2.57. The van der Waals surface area contributed by atoms with Crippen molar-refractivity contribution in [1.29, 1.82) is 0 Å². The molecular formula is C15H22NS. The van der Waals surface area contributed by atoms with Gasteiger partial charge in [-0.1, -0.05) is 6.08 Å². The lowest BCUT2D eigenvalue weighted by Crippen LogP contribution is -2.49.